The maximum absolute atomic E-state index is 5.10. The zero-order valence-electron chi connectivity index (χ0n) is 68.1. The quantitative estimate of drug-likeness (QED) is 0.0321. The number of aryl methyl sites for hydroxylation is 1. The van der Waals surface area contributed by atoms with Crippen molar-refractivity contribution in [2.45, 2.75) is 156 Å². The predicted molar refractivity (Wildman–Crippen MR) is 566 cm³/mol. The van der Waals surface area contributed by atoms with Gasteiger partial charge in [0.2, 0.25) is 0 Å². The van der Waals surface area contributed by atoms with E-state index in [0.29, 0.717) is 0 Å². The summed E-state index contributed by atoms with van der Waals surface area (Å²) in [5.41, 5.74) is 9.15. The van der Waals surface area contributed by atoms with Crippen molar-refractivity contribution in [2.75, 3.05) is 0 Å². The standard InChI is InChI=1S/C32H38.C24H10S3.C20H14.C18H10S3.C12H26.C6H2.16H2/c1-2-3-4-5-6-7-8-9-10-12-15-26-18-19-29-23-30-21-20-28(27-16-13-11-14-17-27)24-32(30)25-31(29)22-26;1-2-3-4-5-8-17-12-14-20(25-17)16-11-13-19-22(15-16)27-23-18-9-6-7-10-21(18)26-24(19)23;1-2-6-15(7-3-1)18-10-11-19-12-16-8-4-5-9-17(16)13-20(19)14-18;1-2-5-15-12(4-1)17-18(20-15)13-8-7-11(10-16(13)21-17)14-6-3-9-19-14;1-3-5-7-9-11-12-10-8-6-4-2;1-3-5-6-4-2;;;;;;;;;;;;;;;;/h11,13-14,16-25H,2-10,12,15H2,1H3;1,6-7,9-15H;1-14H;1-10H;3-12H2,1-2H3;1-2H;16*1H. The largest absolute Gasteiger partial charge is 0.144 e. The first-order valence-corrected chi connectivity index (χ1v) is 47.0. The number of fused-ring (bicyclic) bond motifs is 14. The Bertz CT molecular complexity index is 6690. The summed E-state index contributed by atoms with van der Waals surface area (Å²) in [6.07, 6.45) is 44.1. The molecule has 0 radical (unpaired) electrons. The van der Waals surface area contributed by atoms with Crippen molar-refractivity contribution >= 4 is 170 Å². The molecule has 6 aromatic heterocycles. The summed E-state index contributed by atoms with van der Waals surface area (Å²) in [6.45, 7) is 6.85. The minimum absolute atomic E-state index is 0. The van der Waals surface area contributed by atoms with Gasteiger partial charge in [0.05, 0.1) is 23.7 Å². The van der Waals surface area contributed by atoms with Gasteiger partial charge >= 0.3 is 0 Å². The van der Waals surface area contributed by atoms with Crippen LogP contribution in [0, 0.1) is 72.6 Å². The molecule has 0 fully saturated rings. The Balaban J connectivity index is -0.000000770. The lowest BCUT2D eigenvalue weighted by Gasteiger charge is -2.08. The Hall–Kier alpha value is -11.2. The highest BCUT2D eigenvalue weighted by atomic mass is 32.1. The third kappa shape index (κ3) is 23.2. The minimum atomic E-state index is 0. The van der Waals surface area contributed by atoms with Gasteiger partial charge in [-0.05, 0) is 232 Å². The summed E-state index contributed by atoms with van der Waals surface area (Å²) >= 11 is 11.1. The normalized spacial score (nSPS) is 10.6. The Morgan fingerprint density at radius 3 is 1.11 bits per heavy atom. The fraction of sp³-hybridized carbons (Fsp3) is 0.214. The zero-order valence-corrected chi connectivity index (χ0v) is 73.0. The second-order valence-corrected chi connectivity index (χ2v) is 36.1. The highest BCUT2D eigenvalue weighted by molar-refractivity contribution is 7.37. The van der Waals surface area contributed by atoms with Gasteiger partial charge < -0.3 is 0 Å². The molecule has 0 nitrogen and oxygen atoms in total. The van der Waals surface area contributed by atoms with Gasteiger partial charge in [-0.1, -0.05) is 337 Å². The summed E-state index contributed by atoms with van der Waals surface area (Å²) in [4.78, 5) is 3.56. The number of unbranched alkanes of at least 4 members (excludes halogenated alkanes) is 18. The minimum Gasteiger partial charge on any atom is -0.144 e. The number of terminal acetylenes is 3. The second-order valence-electron chi connectivity index (χ2n) is 29.8. The predicted octanol–water partition coefficient (Wildman–Crippen LogP) is 38.9. The molecular weight excluding hydrogens is 1540 g/mol. The molecule has 6 heteroatoms. The van der Waals surface area contributed by atoms with Crippen molar-refractivity contribution in [3.05, 3.63) is 289 Å². The van der Waals surface area contributed by atoms with E-state index in [2.05, 4.69) is 346 Å². The van der Waals surface area contributed by atoms with E-state index >= 15 is 0 Å². The number of hydrogen-bond donors (Lipinski definition) is 0. The van der Waals surface area contributed by atoms with E-state index < -0.39 is 0 Å². The molecule has 0 aliphatic heterocycles. The van der Waals surface area contributed by atoms with Crippen molar-refractivity contribution < 1.29 is 22.8 Å². The molecule has 0 unspecified atom stereocenters. The summed E-state index contributed by atoms with van der Waals surface area (Å²) in [6, 6.07) is 99.0. The number of thiophene rings is 6. The number of hydrogen-bond acceptors (Lipinski definition) is 6. The van der Waals surface area contributed by atoms with E-state index in [4.69, 9.17) is 19.3 Å². The fourth-order valence-electron chi connectivity index (χ4n) is 15.1. The third-order valence-electron chi connectivity index (χ3n) is 21.3. The molecule has 0 spiro atoms. The third-order valence-corrected chi connectivity index (χ3v) is 28.3. The fourth-order valence-corrected chi connectivity index (χ4v) is 22.1. The monoisotopic (exact) mass is 1670 g/mol. The van der Waals surface area contributed by atoms with Gasteiger partial charge in [0.15, 0.2) is 0 Å². The Kier molecular flexibility index (Phi) is 32.3. The van der Waals surface area contributed by atoms with Crippen molar-refractivity contribution in [2.24, 2.45) is 0 Å². The van der Waals surface area contributed by atoms with Crippen LogP contribution in [-0.2, 0) is 6.42 Å². The van der Waals surface area contributed by atoms with Gasteiger partial charge in [-0.3, -0.25) is 0 Å². The van der Waals surface area contributed by atoms with Crippen LogP contribution in [0.3, 0.4) is 0 Å². The van der Waals surface area contributed by atoms with Crippen molar-refractivity contribution in [3.8, 4) is 116 Å². The van der Waals surface area contributed by atoms with Crippen LogP contribution in [0.4, 0.5) is 0 Å². The van der Waals surface area contributed by atoms with E-state index in [1.54, 1.807) is 22.7 Å². The second kappa shape index (κ2) is 44.9. The van der Waals surface area contributed by atoms with Gasteiger partial charge in [-0.15, -0.1) is 87.3 Å². The lowest BCUT2D eigenvalue weighted by Crippen LogP contribution is -1.88. The topological polar surface area (TPSA) is 0 Å². The summed E-state index contributed by atoms with van der Waals surface area (Å²) < 4.78 is 11.2. The van der Waals surface area contributed by atoms with Gasteiger partial charge in [0.25, 0.3) is 0 Å². The average molecular weight is 1670 g/mol. The molecular formula is C112H132S6. The molecule has 0 aliphatic carbocycles. The Labute approximate surface area is 747 Å². The van der Waals surface area contributed by atoms with Gasteiger partial charge in [0, 0.05) is 72.9 Å². The van der Waals surface area contributed by atoms with Crippen molar-refractivity contribution in [1.29, 1.82) is 0 Å². The smallest absolute Gasteiger partial charge is 0.0785 e. The first-order valence-electron chi connectivity index (χ1n) is 42.0. The van der Waals surface area contributed by atoms with Crippen LogP contribution in [0.25, 0.3) is 145 Å². The van der Waals surface area contributed by atoms with E-state index in [1.807, 2.05) is 51.4 Å². The first kappa shape index (κ1) is 84.7. The van der Waals surface area contributed by atoms with Crippen molar-refractivity contribution in [3.63, 3.8) is 0 Å². The van der Waals surface area contributed by atoms with Crippen LogP contribution in [0.1, 0.15) is 182 Å². The van der Waals surface area contributed by atoms with E-state index in [-0.39, 0.29) is 22.8 Å². The van der Waals surface area contributed by atoms with Crippen LogP contribution in [-0.4, -0.2) is 0 Å². The average Bonchev–Trinajstić information content (AvgIpc) is 1.65. The van der Waals surface area contributed by atoms with Crippen LogP contribution in [0.5, 0.6) is 0 Å². The van der Waals surface area contributed by atoms with Crippen LogP contribution < -0.4 is 0 Å². The Morgan fingerprint density at radius 1 is 0.254 bits per heavy atom. The molecule has 118 heavy (non-hydrogen) atoms. The number of rotatable bonds is 24. The van der Waals surface area contributed by atoms with E-state index in [0.717, 1.165) is 4.88 Å². The molecule has 0 aliphatic rings. The molecule has 0 saturated carbocycles. The maximum atomic E-state index is 5.10. The summed E-state index contributed by atoms with van der Waals surface area (Å²) in [7, 11) is 0. The molecule has 0 amide bonds. The maximum Gasteiger partial charge on any atom is 0.0785 e. The first-order chi connectivity index (χ1) is 58.3. The van der Waals surface area contributed by atoms with Crippen LogP contribution in [0.2, 0.25) is 0 Å². The van der Waals surface area contributed by atoms with E-state index in [1.165, 1.54) is 286 Å². The number of benzene rings is 12. The molecule has 18 aromatic rings. The van der Waals surface area contributed by atoms with Crippen LogP contribution >= 0.6 is 68.0 Å². The zero-order chi connectivity index (χ0) is 81.3. The van der Waals surface area contributed by atoms with Gasteiger partial charge in [-0.25, -0.2) is 0 Å². The van der Waals surface area contributed by atoms with Crippen molar-refractivity contribution in [1.82, 2.24) is 0 Å². The molecule has 0 atom stereocenters. The van der Waals surface area contributed by atoms with E-state index in [9.17, 15) is 0 Å². The molecule has 18 rings (SSSR count). The molecule has 0 N–H and O–H groups in total. The lowest BCUT2D eigenvalue weighted by molar-refractivity contribution is 0.556. The Morgan fingerprint density at radius 2 is 0.636 bits per heavy atom. The molecule has 616 valence electrons. The molecule has 0 saturated heterocycles. The molecule has 12 aromatic carbocycles. The lowest BCUT2D eigenvalue weighted by atomic mass is 9.96. The van der Waals surface area contributed by atoms with Crippen LogP contribution in [0.15, 0.2) is 278 Å². The summed E-state index contributed by atoms with van der Waals surface area (Å²) in [5, 5.41) is 18.2. The molecule has 0 bridgehead atoms. The highest BCUT2D eigenvalue weighted by Crippen LogP contribution is 2.47. The SMILES string of the molecule is C#CC#CC#C.C#CC#CC#Cc1ccc(-c2ccc3c(c2)sc2c4ccccc4sc32)s1.CCCCCCCCCCCC.CCCCCCCCCCCCc1ccc2cc3ccc(-c4ccccc4)cc3cc2c1.[HH].[HH].[HH].[HH].[HH].[HH].[HH].[HH].[HH].[HH].[HH].[HH].[HH].[HH].[HH].[HH].c1ccc(-c2ccc3cc4ccccc4cc3c2)cc1.c1csc(-c2ccc3c(c2)sc2c4ccccc4sc32)c1. The molecule has 6 heterocycles. The van der Waals surface area contributed by atoms with Gasteiger partial charge in [-0.2, -0.15) is 0 Å². The highest BCUT2D eigenvalue weighted by Gasteiger charge is 2.16. The van der Waals surface area contributed by atoms with Gasteiger partial charge in [0.1, 0.15) is 0 Å². The summed E-state index contributed by atoms with van der Waals surface area (Å²) in [5.74, 6) is 21.9.